The number of ether oxygens (including phenoxy) is 1. The Hall–Kier alpha value is -2.07. The molecule has 22 heavy (non-hydrogen) atoms. The largest absolute Gasteiger partial charge is 0.372 e. The van der Waals surface area contributed by atoms with E-state index in [1.165, 1.54) is 0 Å². The molecule has 1 amide bonds. The van der Waals surface area contributed by atoms with Gasteiger partial charge in [-0.2, -0.15) is 0 Å². The molecule has 2 atom stereocenters. The molecule has 1 aromatic heterocycles. The first kappa shape index (κ1) is 14.9. The molecule has 0 N–H and O–H groups in total. The number of carbonyl (C=O) groups excluding carboxylic acids is 1. The van der Waals surface area contributed by atoms with Gasteiger partial charge in [-0.1, -0.05) is 6.07 Å². The second-order valence-electron chi connectivity index (χ2n) is 6.06. The highest BCUT2D eigenvalue weighted by atomic mass is 16.5. The summed E-state index contributed by atoms with van der Waals surface area (Å²) in [6, 6.07) is 9.87. The minimum absolute atomic E-state index is 0.0791. The maximum absolute atomic E-state index is 12.8. The highest BCUT2D eigenvalue weighted by molar-refractivity contribution is 5.95. The predicted octanol–water partition coefficient (Wildman–Crippen LogP) is 3.04. The molecule has 1 aromatic carbocycles. The van der Waals surface area contributed by atoms with Crippen LogP contribution in [0, 0.1) is 6.92 Å². The van der Waals surface area contributed by atoms with Crippen LogP contribution in [0.4, 0.5) is 0 Å². The number of nitrogens with zero attached hydrogens (tertiary/aromatic N) is 2. The number of hydrogen-bond acceptors (Lipinski definition) is 2. The molecular weight excluding hydrogens is 276 g/mol. The third-order valence-corrected chi connectivity index (χ3v) is 4.05. The first-order valence-corrected chi connectivity index (χ1v) is 7.73. The van der Waals surface area contributed by atoms with Gasteiger partial charge >= 0.3 is 0 Å². The molecule has 4 nitrogen and oxygen atoms in total. The van der Waals surface area contributed by atoms with Gasteiger partial charge in [-0.3, -0.25) is 4.79 Å². The zero-order valence-corrected chi connectivity index (χ0v) is 13.3. The number of morpholine rings is 1. The van der Waals surface area contributed by atoms with Gasteiger partial charge in [0.15, 0.2) is 0 Å². The van der Waals surface area contributed by atoms with Gasteiger partial charge in [-0.15, -0.1) is 0 Å². The quantitative estimate of drug-likeness (QED) is 0.854. The lowest BCUT2D eigenvalue weighted by Gasteiger charge is -2.35. The maximum Gasteiger partial charge on any atom is 0.254 e. The summed E-state index contributed by atoms with van der Waals surface area (Å²) in [6.45, 7) is 7.38. The van der Waals surface area contributed by atoms with Crippen LogP contribution in [0.25, 0.3) is 5.69 Å². The Morgan fingerprint density at radius 3 is 2.41 bits per heavy atom. The normalized spacial score (nSPS) is 21.9. The lowest BCUT2D eigenvalue weighted by molar-refractivity contribution is -0.0586. The zero-order valence-electron chi connectivity index (χ0n) is 13.3. The monoisotopic (exact) mass is 298 g/mol. The molecule has 0 saturated carbocycles. The van der Waals surface area contributed by atoms with E-state index in [4.69, 9.17) is 4.74 Å². The van der Waals surface area contributed by atoms with Crippen LogP contribution in [0.15, 0.2) is 42.7 Å². The van der Waals surface area contributed by atoms with Crippen LogP contribution in [-0.4, -0.2) is 40.7 Å². The SMILES string of the molecule is Cc1ccc(C(=O)N2CC(C)OC(C)C2)cc1-n1cccc1. The summed E-state index contributed by atoms with van der Waals surface area (Å²) in [6.07, 6.45) is 4.16. The topological polar surface area (TPSA) is 34.5 Å². The highest BCUT2D eigenvalue weighted by Gasteiger charge is 2.26. The number of hydrogen-bond donors (Lipinski definition) is 0. The number of amides is 1. The minimum Gasteiger partial charge on any atom is -0.372 e. The number of carbonyl (C=O) groups is 1. The number of rotatable bonds is 2. The number of benzene rings is 1. The third kappa shape index (κ3) is 2.92. The van der Waals surface area contributed by atoms with Crippen molar-refractivity contribution in [1.29, 1.82) is 0 Å². The summed E-state index contributed by atoms with van der Waals surface area (Å²) < 4.78 is 7.74. The molecule has 116 valence electrons. The molecule has 1 aliphatic rings. The molecule has 0 bridgehead atoms. The van der Waals surface area contributed by atoms with E-state index in [1.54, 1.807) is 0 Å². The summed E-state index contributed by atoms with van der Waals surface area (Å²) in [5.74, 6) is 0.0791. The van der Waals surface area contributed by atoms with E-state index >= 15 is 0 Å². The Kier molecular flexibility index (Phi) is 4.03. The highest BCUT2D eigenvalue weighted by Crippen LogP contribution is 2.19. The van der Waals surface area contributed by atoms with Gasteiger partial charge in [-0.25, -0.2) is 0 Å². The van der Waals surface area contributed by atoms with Gasteiger partial charge in [0, 0.05) is 36.7 Å². The molecule has 0 aliphatic carbocycles. The molecule has 4 heteroatoms. The summed E-state index contributed by atoms with van der Waals surface area (Å²) in [7, 11) is 0. The van der Waals surface area contributed by atoms with Crippen LogP contribution in [0.3, 0.4) is 0 Å². The van der Waals surface area contributed by atoms with Gasteiger partial charge < -0.3 is 14.2 Å². The molecule has 2 aromatic rings. The summed E-state index contributed by atoms with van der Waals surface area (Å²) in [5.41, 5.74) is 2.93. The van der Waals surface area contributed by atoms with Crippen LogP contribution in [-0.2, 0) is 4.74 Å². The average Bonchev–Trinajstić information content (AvgIpc) is 3.00. The van der Waals surface area contributed by atoms with E-state index in [0.717, 1.165) is 16.8 Å². The van der Waals surface area contributed by atoms with Crippen LogP contribution >= 0.6 is 0 Å². The van der Waals surface area contributed by atoms with Gasteiger partial charge in [-0.05, 0) is 50.6 Å². The number of aryl methyl sites for hydroxylation is 1. The summed E-state index contributed by atoms with van der Waals surface area (Å²) >= 11 is 0. The number of aromatic nitrogens is 1. The molecule has 2 unspecified atom stereocenters. The van der Waals surface area contributed by atoms with Crippen molar-refractivity contribution in [2.75, 3.05) is 13.1 Å². The molecule has 0 radical (unpaired) electrons. The fraction of sp³-hybridized carbons (Fsp3) is 0.389. The van der Waals surface area contributed by atoms with Gasteiger partial charge in [0.05, 0.1) is 12.2 Å². The Morgan fingerprint density at radius 2 is 1.77 bits per heavy atom. The Bertz CT molecular complexity index is 654. The second-order valence-corrected chi connectivity index (χ2v) is 6.06. The lowest BCUT2D eigenvalue weighted by Crippen LogP contribution is -2.48. The van der Waals surface area contributed by atoms with Crippen molar-refractivity contribution in [3.63, 3.8) is 0 Å². The molecule has 1 fully saturated rings. The Morgan fingerprint density at radius 1 is 1.14 bits per heavy atom. The second kappa shape index (κ2) is 5.97. The smallest absolute Gasteiger partial charge is 0.254 e. The zero-order chi connectivity index (χ0) is 15.7. The minimum atomic E-state index is 0.0791. The lowest BCUT2D eigenvalue weighted by atomic mass is 10.1. The molecule has 1 aliphatic heterocycles. The van der Waals surface area contributed by atoms with E-state index in [2.05, 4.69) is 6.92 Å². The van der Waals surface area contributed by atoms with Gasteiger partial charge in [0.25, 0.3) is 5.91 Å². The first-order chi connectivity index (χ1) is 10.5. The molecule has 0 spiro atoms. The third-order valence-electron chi connectivity index (χ3n) is 4.05. The van der Waals surface area contributed by atoms with Crippen LogP contribution < -0.4 is 0 Å². The van der Waals surface area contributed by atoms with Crippen molar-refractivity contribution in [1.82, 2.24) is 9.47 Å². The van der Waals surface area contributed by atoms with Gasteiger partial charge in [0.2, 0.25) is 0 Å². The van der Waals surface area contributed by atoms with Crippen LogP contribution in [0.2, 0.25) is 0 Å². The molecular formula is C18H22N2O2. The van der Waals surface area contributed by atoms with E-state index in [0.29, 0.717) is 13.1 Å². The molecule has 2 heterocycles. The van der Waals surface area contributed by atoms with Crippen molar-refractivity contribution in [3.8, 4) is 5.69 Å². The van der Waals surface area contributed by atoms with E-state index in [-0.39, 0.29) is 18.1 Å². The van der Waals surface area contributed by atoms with Crippen molar-refractivity contribution >= 4 is 5.91 Å². The fourth-order valence-electron chi connectivity index (χ4n) is 3.04. The maximum atomic E-state index is 12.8. The van der Waals surface area contributed by atoms with Crippen LogP contribution in [0.1, 0.15) is 29.8 Å². The summed E-state index contributed by atoms with van der Waals surface area (Å²) in [5, 5.41) is 0. The molecule has 3 rings (SSSR count). The average molecular weight is 298 g/mol. The Labute approximate surface area is 131 Å². The van der Waals surface area contributed by atoms with Gasteiger partial charge in [0.1, 0.15) is 0 Å². The molecule has 1 saturated heterocycles. The van der Waals surface area contributed by atoms with E-state index in [9.17, 15) is 4.79 Å². The predicted molar refractivity (Wildman–Crippen MR) is 86.4 cm³/mol. The Balaban J connectivity index is 1.88. The van der Waals surface area contributed by atoms with Crippen molar-refractivity contribution < 1.29 is 9.53 Å². The standard InChI is InChI=1S/C18H22N2O2/c1-13-6-7-16(10-17(13)19-8-4-5-9-19)18(21)20-11-14(2)22-15(3)12-20/h4-10,14-15H,11-12H2,1-3H3. The van der Waals surface area contributed by atoms with Crippen molar-refractivity contribution in [3.05, 3.63) is 53.9 Å². The van der Waals surface area contributed by atoms with Crippen molar-refractivity contribution in [2.24, 2.45) is 0 Å². The van der Waals surface area contributed by atoms with Crippen LogP contribution in [0.5, 0.6) is 0 Å². The van der Waals surface area contributed by atoms with E-state index in [1.807, 2.05) is 66.0 Å². The summed E-state index contributed by atoms with van der Waals surface area (Å²) in [4.78, 5) is 14.7. The fourth-order valence-corrected chi connectivity index (χ4v) is 3.04. The van der Waals surface area contributed by atoms with Crippen molar-refractivity contribution in [2.45, 2.75) is 33.0 Å². The first-order valence-electron chi connectivity index (χ1n) is 7.73. The van der Waals surface area contributed by atoms with E-state index < -0.39 is 0 Å².